The number of carbonyl (C=O) groups excluding carboxylic acids is 2. The lowest BCUT2D eigenvalue weighted by Crippen LogP contribution is -2.37. The first kappa shape index (κ1) is 17.2. The molecule has 3 amide bonds. The van der Waals surface area contributed by atoms with Gasteiger partial charge in [0, 0.05) is 30.5 Å². The fraction of sp³-hybridized carbons (Fsp3) is 0.300. The maximum Gasteiger partial charge on any atom is 0.325 e. The van der Waals surface area contributed by atoms with Gasteiger partial charge in [0.25, 0.3) is 0 Å². The number of urea groups is 1. The molecule has 2 aromatic carbocycles. The predicted octanol–water partition coefficient (Wildman–Crippen LogP) is 2.91. The maximum atomic E-state index is 12.7. The largest absolute Gasteiger partial charge is 0.454 e. The topological polar surface area (TPSA) is 71.1 Å². The Morgan fingerprint density at radius 2 is 1.89 bits per heavy atom. The minimum atomic E-state index is -0.204. The number of hydrogen-bond acceptors (Lipinski definition) is 4. The molecule has 0 bridgehead atoms. The van der Waals surface area contributed by atoms with Crippen LogP contribution in [0.3, 0.4) is 0 Å². The number of nitrogens with zero attached hydrogens (tertiary/aromatic N) is 2. The third kappa shape index (κ3) is 3.40. The molecule has 1 N–H and O–H groups in total. The molecule has 0 aromatic heterocycles. The summed E-state index contributed by atoms with van der Waals surface area (Å²) in [5.41, 5.74) is 3.58. The van der Waals surface area contributed by atoms with Crippen molar-refractivity contribution in [2.24, 2.45) is 0 Å². The third-order valence-electron chi connectivity index (χ3n) is 4.76. The van der Waals surface area contributed by atoms with Crippen LogP contribution in [0, 0.1) is 13.8 Å². The molecule has 2 aliphatic heterocycles. The number of carbonyl (C=O) groups is 2. The van der Waals surface area contributed by atoms with Crippen molar-refractivity contribution in [3.63, 3.8) is 0 Å². The van der Waals surface area contributed by atoms with E-state index < -0.39 is 0 Å². The number of benzene rings is 2. The Morgan fingerprint density at radius 1 is 1.07 bits per heavy atom. The molecule has 1 saturated heterocycles. The van der Waals surface area contributed by atoms with Crippen LogP contribution < -0.4 is 19.7 Å². The molecule has 2 heterocycles. The molecular formula is C20H21N3O4. The van der Waals surface area contributed by atoms with E-state index in [0.29, 0.717) is 24.6 Å². The summed E-state index contributed by atoms with van der Waals surface area (Å²) in [7, 11) is 0. The quantitative estimate of drug-likeness (QED) is 0.902. The summed E-state index contributed by atoms with van der Waals surface area (Å²) in [4.78, 5) is 28.3. The lowest BCUT2D eigenvalue weighted by atomic mass is 10.1. The van der Waals surface area contributed by atoms with E-state index in [9.17, 15) is 9.59 Å². The van der Waals surface area contributed by atoms with E-state index in [1.165, 1.54) is 0 Å². The van der Waals surface area contributed by atoms with Gasteiger partial charge in [-0.25, -0.2) is 4.79 Å². The molecular weight excluding hydrogens is 346 g/mol. The van der Waals surface area contributed by atoms with E-state index in [1.54, 1.807) is 21.9 Å². The zero-order valence-corrected chi connectivity index (χ0v) is 15.3. The summed E-state index contributed by atoms with van der Waals surface area (Å²) in [6.45, 7) is 5.15. The van der Waals surface area contributed by atoms with E-state index in [1.807, 2.05) is 38.1 Å². The van der Waals surface area contributed by atoms with Crippen LogP contribution in [0.1, 0.15) is 11.1 Å². The van der Waals surface area contributed by atoms with E-state index in [4.69, 9.17) is 9.47 Å². The van der Waals surface area contributed by atoms with Gasteiger partial charge < -0.3 is 19.7 Å². The number of hydrogen-bond donors (Lipinski definition) is 1. The van der Waals surface area contributed by atoms with Gasteiger partial charge in [-0.15, -0.1) is 0 Å². The minimum absolute atomic E-state index is 0.0211. The fourth-order valence-electron chi connectivity index (χ4n) is 3.26. The van der Waals surface area contributed by atoms with Crippen molar-refractivity contribution >= 4 is 23.3 Å². The van der Waals surface area contributed by atoms with Crippen molar-refractivity contribution in [3.05, 3.63) is 47.5 Å². The number of anilines is 2. The molecule has 1 fully saturated rings. The van der Waals surface area contributed by atoms with Gasteiger partial charge in [0.15, 0.2) is 11.5 Å². The molecule has 4 rings (SSSR count). The van der Waals surface area contributed by atoms with Crippen LogP contribution in [-0.2, 0) is 4.79 Å². The number of ether oxygens (including phenoxy) is 2. The monoisotopic (exact) mass is 367 g/mol. The number of rotatable bonds is 4. The summed E-state index contributed by atoms with van der Waals surface area (Å²) >= 11 is 0. The van der Waals surface area contributed by atoms with E-state index >= 15 is 0 Å². The Labute approximate surface area is 157 Å². The predicted molar refractivity (Wildman–Crippen MR) is 101 cm³/mol. The molecule has 2 aliphatic rings. The Balaban J connectivity index is 1.41. The summed E-state index contributed by atoms with van der Waals surface area (Å²) in [5, 5.41) is 2.90. The highest BCUT2D eigenvalue weighted by molar-refractivity contribution is 5.99. The summed E-state index contributed by atoms with van der Waals surface area (Å²) in [6, 6.07) is 11.1. The lowest BCUT2D eigenvalue weighted by Gasteiger charge is -2.19. The number of amides is 3. The van der Waals surface area contributed by atoms with Crippen molar-refractivity contribution in [2.75, 3.05) is 36.6 Å². The van der Waals surface area contributed by atoms with Crippen LogP contribution in [0.4, 0.5) is 16.2 Å². The van der Waals surface area contributed by atoms with Gasteiger partial charge in [0.2, 0.25) is 12.7 Å². The Hall–Kier alpha value is -3.22. The van der Waals surface area contributed by atoms with Gasteiger partial charge in [0.1, 0.15) is 6.54 Å². The summed E-state index contributed by atoms with van der Waals surface area (Å²) in [5.74, 6) is 1.10. The van der Waals surface area contributed by atoms with Crippen molar-refractivity contribution in [2.45, 2.75) is 13.8 Å². The number of nitrogens with one attached hydrogen (secondary N) is 1. The summed E-state index contributed by atoms with van der Waals surface area (Å²) < 4.78 is 10.7. The molecule has 0 unspecified atom stereocenters. The van der Waals surface area contributed by atoms with E-state index in [-0.39, 0.29) is 25.3 Å². The molecule has 2 aromatic rings. The molecule has 0 atom stereocenters. The Bertz CT molecular complexity index is 912. The van der Waals surface area contributed by atoms with Gasteiger partial charge in [0.05, 0.1) is 0 Å². The van der Waals surface area contributed by atoms with Gasteiger partial charge >= 0.3 is 6.03 Å². The highest BCUT2D eigenvalue weighted by Gasteiger charge is 2.31. The third-order valence-corrected chi connectivity index (χ3v) is 4.76. The van der Waals surface area contributed by atoms with Gasteiger partial charge in [-0.1, -0.05) is 12.1 Å². The SMILES string of the molecule is Cc1ccc(C)c(NC(=O)CN2CCN(c3ccc4c(c3)OCO4)C2=O)c1. The van der Waals surface area contributed by atoms with Crippen LogP contribution in [0.5, 0.6) is 11.5 Å². The van der Waals surface area contributed by atoms with Crippen molar-refractivity contribution in [3.8, 4) is 11.5 Å². The first-order chi connectivity index (χ1) is 13.0. The smallest absolute Gasteiger partial charge is 0.325 e. The van der Waals surface area contributed by atoms with Crippen LogP contribution >= 0.6 is 0 Å². The highest BCUT2D eigenvalue weighted by Crippen LogP contribution is 2.36. The molecule has 0 radical (unpaired) electrons. The fourth-order valence-corrected chi connectivity index (χ4v) is 3.26. The second-order valence-electron chi connectivity index (χ2n) is 6.76. The second kappa shape index (κ2) is 6.83. The Kier molecular flexibility index (Phi) is 4.35. The maximum absolute atomic E-state index is 12.7. The molecule has 0 saturated carbocycles. The molecule has 140 valence electrons. The standard InChI is InChI=1S/C20H21N3O4/c1-13-3-4-14(2)16(9-13)21-19(24)11-22-7-8-23(20(22)25)15-5-6-17-18(10-15)27-12-26-17/h3-6,9-10H,7-8,11-12H2,1-2H3,(H,21,24). The minimum Gasteiger partial charge on any atom is -0.454 e. The van der Waals surface area contributed by atoms with Crippen molar-refractivity contribution < 1.29 is 19.1 Å². The zero-order valence-electron chi connectivity index (χ0n) is 15.3. The highest BCUT2D eigenvalue weighted by atomic mass is 16.7. The molecule has 7 heteroatoms. The van der Waals surface area contributed by atoms with Crippen molar-refractivity contribution in [1.82, 2.24) is 4.90 Å². The number of fused-ring (bicyclic) bond motifs is 1. The average molecular weight is 367 g/mol. The molecule has 0 spiro atoms. The normalized spacial score (nSPS) is 15.4. The molecule has 0 aliphatic carbocycles. The molecule has 7 nitrogen and oxygen atoms in total. The number of aryl methyl sites for hydroxylation is 2. The zero-order chi connectivity index (χ0) is 19.0. The van der Waals surface area contributed by atoms with Gasteiger partial charge in [-0.2, -0.15) is 0 Å². The van der Waals surface area contributed by atoms with E-state index in [2.05, 4.69) is 5.32 Å². The van der Waals surface area contributed by atoms with Crippen LogP contribution in [0.15, 0.2) is 36.4 Å². The summed E-state index contributed by atoms with van der Waals surface area (Å²) in [6.07, 6.45) is 0. The average Bonchev–Trinajstić information content (AvgIpc) is 3.24. The lowest BCUT2D eigenvalue weighted by molar-refractivity contribution is -0.116. The van der Waals surface area contributed by atoms with Crippen molar-refractivity contribution in [1.29, 1.82) is 0 Å². The van der Waals surface area contributed by atoms with Crippen LogP contribution in [0.2, 0.25) is 0 Å². The second-order valence-corrected chi connectivity index (χ2v) is 6.76. The van der Waals surface area contributed by atoms with E-state index in [0.717, 1.165) is 22.5 Å². The van der Waals surface area contributed by atoms with Crippen LogP contribution in [0.25, 0.3) is 0 Å². The first-order valence-electron chi connectivity index (χ1n) is 8.84. The Morgan fingerprint density at radius 3 is 2.74 bits per heavy atom. The first-order valence-corrected chi connectivity index (χ1v) is 8.84. The van der Waals surface area contributed by atoms with Gasteiger partial charge in [-0.3, -0.25) is 9.69 Å². The molecule has 27 heavy (non-hydrogen) atoms. The van der Waals surface area contributed by atoms with Crippen LogP contribution in [-0.4, -0.2) is 43.3 Å². The van der Waals surface area contributed by atoms with Gasteiger partial charge in [-0.05, 0) is 43.2 Å².